The number of aryl methyl sites for hydroxylation is 1. The molecule has 6 nitrogen and oxygen atoms in total. The van der Waals surface area contributed by atoms with Gasteiger partial charge in [0.1, 0.15) is 22.8 Å². The predicted molar refractivity (Wildman–Crippen MR) is 98.4 cm³/mol. The van der Waals surface area contributed by atoms with Crippen LogP contribution >= 0.6 is 11.3 Å². The molecule has 0 saturated carbocycles. The van der Waals surface area contributed by atoms with Gasteiger partial charge in [-0.3, -0.25) is 10.1 Å². The number of hydrogen-bond donors (Lipinski definition) is 1. The number of carbonyl (C=O) groups is 1. The Morgan fingerprint density at radius 1 is 1.12 bits per heavy atom. The van der Waals surface area contributed by atoms with Gasteiger partial charge < -0.3 is 14.2 Å². The summed E-state index contributed by atoms with van der Waals surface area (Å²) < 4.78 is 16.8. The molecule has 1 amide bonds. The zero-order valence-electron chi connectivity index (χ0n) is 14.4. The highest BCUT2D eigenvalue weighted by atomic mass is 32.1. The van der Waals surface area contributed by atoms with Gasteiger partial charge in [0.25, 0.3) is 5.91 Å². The van der Waals surface area contributed by atoms with Crippen LogP contribution in [0.4, 0.5) is 5.13 Å². The second kappa shape index (κ2) is 6.98. The Hall–Kier alpha value is -2.80. The largest absolute Gasteiger partial charge is 0.497 e. The molecular weight excluding hydrogens is 340 g/mol. The molecule has 25 heavy (non-hydrogen) atoms. The quantitative estimate of drug-likeness (QED) is 0.749. The molecule has 0 aliphatic carbocycles. The Bertz CT molecular complexity index is 936. The van der Waals surface area contributed by atoms with Crippen molar-refractivity contribution in [2.24, 2.45) is 0 Å². The molecule has 1 heterocycles. The van der Waals surface area contributed by atoms with Crippen LogP contribution in [0.2, 0.25) is 0 Å². The van der Waals surface area contributed by atoms with E-state index in [4.69, 9.17) is 14.2 Å². The Labute approximate surface area is 149 Å². The number of benzene rings is 2. The summed E-state index contributed by atoms with van der Waals surface area (Å²) in [5.74, 6) is 1.55. The van der Waals surface area contributed by atoms with Gasteiger partial charge in [0.15, 0.2) is 5.13 Å². The number of rotatable bonds is 5. The molecule has 1 N–H and O–H groups in total. The van der Waals surface area contributed by atoms with Crippen molar-refractivity contribution in [1.29, 1.82) is 0 Å². The predicted octanol–water partition coefficient (Wildman–Crippen LogP) is 3.88. The molecule has 0 atom stereocenters. The Morgan fingerprint density at radius 2 is 1.92 bits per heavy atom. The van der Waals surface area contributed by atoms with Gasteiger partial charge >= 0.3 is 0 Å². The molecule has 0 aliphatic heterocycles. The fourth-order valence-corrected chi connectivity index (χ4v) is 3.48. The van der Waals surface area contributed by atoms with Crippen LogP contribution < -0.4 is 19.5 Å². The van der Waals surface area contributed by atoms with E-state index in [1.54, 1.807) is 33.5 Å². The number of anilines is 1. The first-order chi connectivity index (χ1) is 12.1. The van der Waals surface area contributed by atoms with Crippen molar-refractivity contribution in [1.82, 2.24) is 4.98 Å². The van der Waals surface area contributed by atoms with Gasteiger partial charge in [-0.15, -0.1) is 0 Å². The Kier molecular flexibility index (Phi) is 4.76. The second-order valence-corrected chi connectivity index (χ2v) is 6.34. The summed E-state index contributed by atoms with van der Waals surface area (Å²) in [6.45, 7) is 1.89. The molecule has 3 rings (SSSR count). The van der Waals surface area contributed by atoms with Crippen LogP contribution in [0.15, 0.2) is 30.3 Å². The summed E-state index contributed by atoms with van der Waals surface area (Å²) in [6, 6.07) is 9.05. The van der Waals surface area contributed by atoms with E-state index < -0.39 is 0 Å². The van der Waals surface area contributed by atoms with E-state index >= 15 is 0 Å². The summed E-state index contributed by atoms with van der Waals surface area (Å²) in [7, 11) is 4.71. The smallest absolute Gasteiger partial charge is 0.261 e. The number of para-hydroxylation sites is 1. The zero-order chi connectivity index (χ0) is 18.0. The summed E-state index contributed by atoms with van der Waals surface area (Å²) in [5.41, 5.74) is 2.04. The molecule has 0 spiro atoms. The first-order valence-corrected chi connectivity index (χ1v) is 8.36. The van der Waals surface area contributed by atoms with Gasteiger partial charge in [0.05, 0.1) is 31.6 Å². The number of nitrogens with one attached hydrogen (secondary N) is 1. The van der Waals surface area contributed by atoms with E-state index in [1.807, 2.05) is 25.1 Å². The molecule has 1 aromatic heterocycles. The highest BCUT2D eigenvalue weighted by Crippen LogP contribution is 2.36. The average Bonchev–Trinajstić information content (AvgIpc) is 3.02. The van der Waals surface area contributed by atoms with Gasteiger partial charge in [-0.1, -0.05) is 23.5 Å². The maximum absolute atomic E-state index is 12.6. The van der Waals surface area contributed by atoms with Crippen molar-refractivity contribution in [3.8, 4) is 17.2 Å². The van der Waals surface area contributed by atoms with E-state index in [0.717, 1.165) is 10.3 Å². The topological polar surface area (TPSA) is 69.7 Å². The van der Waals surface area contributed by atoms with E-state index in [9.17, 15) is 4.79 Å². The summed E-state index contributed by atoms with van der Waals surface area (Å²) >= 11 is 1.35. The van der Waals surface area contributed by atoms with Gasteiger partial charge in [0, 0.05) is 6.07 Å². The van der Waals surface area contributed by atoms with Gasteiger partial charge in [-0.25, -0.2) is 4.98 Å². The van der Waals surface area contributed by atoms with Crippen molar-refractivity contribution in [3.63, 3.8) is 0 Å². The van der Waals surface area contributed by atoms with E-state index in [-0.39, 0.29) is 5.91 Å². The molecule has 0 radical (unpaired) electrons. The van der Waals surface area contributed by atoms with E-state index in [0.29, 0.717) is 33.5 Å². The van der Waals surface area contributed by atoms with Crippen LogP contribution in [-0.4, -0.2) is 32.2 Å². The average molecular weight is 358 g/mol. The number of aromatic nitrogens is 1. The minimum atomic E-state index is -0.273. The molecule has 2 aromatic carbocycles. The molecule has 0 saturated heterocycles. The van der Waals surface area contributed by atoms with Crippen molar-refractivity contribution in [2.75, 3.05) is 26.6 Å². The summed E-state index contributed by atoms with van der Waals surface area (Å²) in [5, 5.41) is 3.31. The number of ether oxygens (including phenoxy) is 3. The number of thiazole rings is 1. The minimum Gasteiger partial charge on any atom is -0.497 e. The van der Waals surface area contributed by atoms with Crippen LogP contribution in [-0.2, 0) is 0 Å². The standard InChI is InChI=1S/C18H18N2O4S/c1-10-6-5-7-12(16(10)24-4)17(21)20-18-19-15-13(23-3)8-11(22-2)9-14(15)25-18/h5-9H,1-4H3,(H,19,20,21). The van der Waals surface area contributed by atoms with Crippen LogP contribution in [0.3, 0.4) is 0 Å². The third-order valence-electron chi connectivity index (χ3n) is 3.77. The molecule has 0 fully saturated rings. The van der Waals surface area contributed by atoms with Gasteiger partial charge in [-0.2, -0.15) is 0 Å². The normalized spacial score (nSPS) is 10.6. The fraction of sp³-hybridized carbons (Fsp3) is 0.222. The molecule has 0 aliphatic rings. The van der Waals surface area contributed by atoms with Crippen molar-refractivity contribution in [3.05, 3.63) is 41.5 Å². The Morgan fingerprint density at radius 3 is 2.60 bits per heavy atom. The monoisotopic (exact) mass is 358 g/mol. The number of fused-ring (bicyclic) bond motifs is 1. The molecule has 7 heteroatoms. The number of methoxy groups -OCH3 is 3. The lowest BCUT2D eigenvalue weighted by molar-refractivity contribution is 0.102. The first-order valence-electron chi connectivity index (χ1n) is 7.55. The first kappa shape index (κ1) is 17.0. The lowest BCUT2D eigenvalue weighted by Crippen LogP contribution is -2.13. The number of amides is 1. The van der Waals surface area contributed by atoms with Crippen LogP contribution in [0.5, 0.6) is 17.2 Å². The second-order valence-electron chi connectivity index (χ2n) is 5.31. The molecular formula is C18H18N2O4S. The highest BCUT2D eigenvalue weighted by Gasteiger charge is 2.17. The molecule has 0 unspecified atom stereocenters. The lowest BCUT2D eigenvalue weighted by Gasteiger charge is -2.10. The number of carbonyl (C=O) groups excluding carboxylic acids is 1. The third kappa shape index (κ3) is 3.23. The zero-order valence-corrected chi connectivity index (χ0v) is 15.2. The van der Waals surface area contributed by atoms with E-state index in [2.05, 4.69) is 10.3 Å². The highest BCUT2D eigenvalue weighted by molar-refractivity contribution is 7.22. The fourth-order valence-electron chi connectivity index (χ4n) is 2.57. The van der Waals surface area contributed by atoms with Gasteiger partial charge in [0.2, 0.25) is 0 Å². The molecule has 130 valence electrons. The van der Waals surface area contributed by atoms with Crippen molar-refractivity contribution >= 4 is 32.6 Å². The summed E-state index contributed by atoms with van der Waals surface area (Å²) in [6.07, 6.45) is 0. The lowest BCUT2D eigenvalue weighted by atomic mass is 10.1. The SMILES string of the molecule is COc1cc(OC)c2nc(NC(=O)c3cccc(C)c3OC)sc2c1. The van der Waals surface area contributed by atoms with E-state index in [1.165, 1.54) is 11.3 Å². The molecule has 3 aromatic rings. The maximum atomic E-state index is 12.6. The van der Waals surface area contributed by atoms with Crippen molar-refractivity contribution < 1.29 is 19.0 Å². The third-order valence-corrected chi connectivity index (χ3v) is 4.69. The van der Waals surface area contributed by atoms with Crippen LogP contribution in [0.25, 0.3) is 10.2 Å². The van der Waals surface area contributed by atoms with Gasteiger partial charge in [-0.05, 0) is 24.6 Å². The van der Waals surface area contributed by atoms with Crippen LogP contribution in [0, 0.1) is 6.92 Å². The summed E-state index contributed by atoms with van der Waals surface area (Å²) in [4.78, 5) is 17.1. The minimum absolute atomic E-state index is 0.273. The molecule has 0 bridgehead atoms. The van der Waals surface area contributed by atoms with Crippen molar-refractivity contribution in [2.45, 2.75) is 6.92 Å². The maximum Gasteiger partial charge on any atom is 0.261 e. The number of hydrogen-bond acceptors (Lipinski definition) is 6. The Balaban J connectivity index is 1.96. The van der Waals surface area contributed by atoms with Crippen LogP contribution in [0.1, 0.15) is 15.9 Å². The number of nitrogens with zero attached hydrogens (tertiary/aromatic N) is 1.